The Kier molecular flexibility index (Phi) is 2.31. The second-order valence-corrected chi connectivity index (χ2v) is 4.43. The van der Waals surface area contributed by atoms with E-state index >= 15 is 0 Å². The minimum Gasteiger partial charge on any atom is -0.300 e. The lowest BCUT2D eigenvalue weighted by Gasteiger charge is -2.39. The molecular formula is C10H16N2O2. The molecule has 2 rings (SSSR count). The van der Waals surface area contributed by atoms with Crippen LogP contribution in [-0.2, 0) is 9.59 Å². The molecule has 78 valence electrons. The average Bonchev–Trinajstić information content (AvgIpc) is 2.52. The summed E-state index contributed by atoms with van der Waals surface area (Å²) < 4.78 is 0. The lowest BCUT2D eigenvalue weighted by atomic mass is 9.96. The van der Waals surface area contributed by atoms with E-state index in [0.717, 1.165) is 25.7 Å². The molecule has 1 aliphatic carbocycles. The van der Waals surface area contributed by atoms with Gasteiger partial charge in [0.05, 0.1) is 13.1 Å². The summed E-state index contributed by atoms with van der Waals surface area (Å²) in [6.45, 7) is 2.64. The summed E-state index contributed by atoms with van der Waals surface area (Å²) in [5, 5.41) is 2.81. The molecule has 1 aliphatic heterocycles. The molecule has 1 N–H and O–H groups in total. The molecule has 0 radical (unpaired) electrons. The SMILES string of the molecule is CC1(N2C(=O)CNCC2=O)CCCC1. The van der Waals surface area contributed by atoms with Crippen molar-refractivity contribution >= 4 is 11.8 Å². The number of piperazine rings is 1. The van der Waals surface area contributed by atoms with Gasteiger partial charge in [0.2, 0.25) is 11.8 Å². The first kappa shape index (κ1) is 9.65. The highest BCUT2D eigenvalue weighted by molar-refractivity contribution is 6.00. The summed E-state index contributed by atoms with van der Waals surface area (Å²) in [5.41, 5.74) is -0.198. The molecule has 2 aliphatic rings. The fourth-order valence-corrected chi connectivity index (χ4v) is 2.54. The van der Waals surface area contributed by atoms with Gasteiger partial charge >= 0.3 is 0 Å². The van der Waals surface area contributed by atoms with Gasteiger partial charge in [-0.15, -0.1) is 0 Å². The van der Waals surface area contributed by atoms with Gasteiger partial charge in [-0.2, -0.15) is 0 Å². The molecule has 0 bridgehead atoms. The maximum Gasteiger partial charge on any atom is 0.243 e. The predicted octanol–water partition coefficient (Wildman–Crippen LogP) is 0.277. The predicted molar refractivity (Wildman–Crippen MR) is 51.6 cm³/mol. The zero-order valence-electron chi connectivity index (χ0n) is 8.51. The Bertz CT molecular complexity index is 253. The van der Waals surface area contributed by atoms with E-state index in [9.17, 15) is 9.59 Å². The number of hydrogen-bond donors (Lipinski definition) is 1. The lowest BCUT2D eigenvalue weighted by molar-refractivity contribution is -0.153. The molecule has 2 amide bonds. The third-order valence-electron chi connectivity index (χ3n) is 3.27. The first-order valence-corrected chi connectivity index (χ1v) is 5.20. The normalized spacial score (nSPS) is 27.1. The summed E-state index contributed by atoms with van der Waals surface area (Å²) >= 11 is 0. The van der Waals surface area contributed by atoms with Gasteiger partial charge in [-0.1, -0.05) is 12.8 Å². The summed E-state index contributed by atoms with van der Waals surface area (Å²) in [6.07, 6.45) is 4.18. The van der Waals surface area contributed by atoms with Crippen molar-refractivity contribution in [3.63, 3.8) is 0 Å². The minimum atomic E-state index is -0.198. The maximum absolute atomic E-state index is 11.6. The van der Waals surface area contributed by atoms with Gasteiger partial charge in [-0.3, -0.25) is 19.8 Å². The Hall–Kier alpha value is -0.900. The van der Waals surface area contributed by atoms with Crippen molar-refractivity contribution in [2.75, 3.05) is 13.1 Å². The highest BCUT2D eigenvalue weighted by atomic mass is 16.2. The molecule has 4 nitrogen and oxygen atoms in total. The largest absolute Gasteiger partial charge is 0.300 e. The van der Waals surface area contributed by atoms with Crippen molar-refractivity contribution in [1.82, 2.24) is 10.2 Å². The van der Waals surface area contributed by atoms with E-state index in [4.69, 9.17) is 0 Å². The van der Waals surface area contributed by atoms with Gasteiger partial charge in [0.15, 0.2) is 0 Å². The molecule has 1 saturated heterocycles. The van der Waals surface area contributed by atoms with E-state index in [1.165, 1.54) is 4.90 Å². The minimum absolute atomic E-state index is 0.0642. The Balaban J connectivity index is 2.21. The standard InChI is InChI=1S/C10H16N2O2/c1-10(4-2-3-5-10)12-8(13)6-11-7-9(12)14/h11H,2-7H2,1H3. The van der Waals surface area contributed by atoms with Crippen LogP contribution in [0.5, 0.6) is 0 Å². The van der Waals surface area contributed by atoms with Crippen LogP contribution in [0, 0.1) is 0 Å². The molecule has 0 aromatic rings. The van der Waals surface area contributed by atoms with Crippen molar-refractivity contribution in [3.8, 4) is 0 Å². The van der Waals surface area contributed by atoms with Gasteiger partial charge in [0, 0.05) is 5.54 Å². The average molecular weight is 196 g/mol. The number of imide groups is 1. The topological polar surface area (TPSA) is 49.4 Å². The number of nitrogens with zero attached hydrogens (tertiary/aromatic N) is 1. The van der Waals surface area contributed by atoms with Crippen LogP contribution < -0.4 is 5.32 Å². The maximum atomic E-state index is 11.6. The van der Waals surface area contributed by atoms with Crippen molar-refractivity contribution < 1.29 is 9.59 Å². The lowest BCUT2D eigenvalue weighted by Crippen LogP contribution is -2.60. The summed E-state index contributed by atoms with van der Waals surface area (Å²) in [6, 6.07) is 0. The summed E-state index contributed by atoms with van der Waals surface area (Å²) in [5.74, 6) is -0.128. The van der Waals surface area contributed by atoms with Crippen LogP contribution in [0.4, 0.5) is 0 Å². The highest BCUT2D eigenvalue weighted by Crippen LogP contribution is 2.35. The first-order chi connectivity index (χ1) is 6.63. The zero-order chi connectivity index (χ0) is 10.2. The Morgan fingerprint density at radius 2 is 1.64 bits per heavy atom. The quantitative estimate of drug-likeness (QED) is 0.613. The zero-order valence-corrected chi connectivity index (χ0v) is 8.51. The van der Waals surface area contributed by atoms with Crippen molar-refractivity contribution in [2.45, 2.75) is 38.1 Å². The molecule has 4 heteroatoms. The van der Waals surface area contributed by atoms with Crippen LogP contribution in [0.1, 0.15) is 32.6 Å². The first-order valence-electron chi connectivity index (χ1n) is 5.20. The highest BCUT2D eigenvalue weighted by Gasteiger charge is 2.42. The van der Waals surface area contributed by atoms with Crippen LogP contribution in [-0.4, -0.2) is 35.3 Å². The molecule has 0 atom stereocenters. The van der Waals surface area contributed by atoms with Crippen molar-refractivity contribution in [2.24, 2.45) is 0 Å². The molecule has 0 spiro atoms. The molecule has 0 aromatic heterocycles. The van der Waals surface area contributed by atoms with Gasteiger partial charge in [-0.25, -0.2) is 0 Å². The number of rotatable bonds is 1. The molecule has 1 saturated carbocycles. The molecule has 1 heterocycles. The van der Waals surface area contributed by atoms with Crippen LogP contribution >= 0.6 is 0 Å². The molecule has 0 unspecified atom stereocenters. The molecule has 0 aromatic carbocycles. The monoisotopic (exact) mass is 196 g/mol. The number of nitrogens with one attached hydrogen (secondary N) is 1. The number of carbonyl (C=O) groups is 2. The third-order valence-corrected chi connectivity index (χ3v) is 3.27. The van der Waals surface area contributed by atoms with Crippen LogP contribution in [0.2, 0.25) is 0 Å². The second-order valence-electron chi connectivity index (χ2n) is 4.43. The van der Waals surface area contributed by atoms with Crippen molar-refractivity contribution in [1.29, 1.82) is 0 Å². The number of amides is 2. The molecule has 14 heavy (non-hydrogen) atoms. The van der Waals surface area contributed by atoms with E-state index in [2.05, 4.69) is 5.32 Å². The smallest absolute Gasteiger partial charge is 0.243 e. The van der Waals surface area contributed by atoms with Gasteiger partial charge < -0.3 is 0 Å². The molecular weight excluding hydrogens is 180 g/mol. The van der Waals surface area contributed by atoms with E-state index in [1.807, 2.05) is 6.92 Å². The van der Waals surface area contributed by atoms with Crippen LogP contribution in [0.15, 0.2) is 0 Å². The summed E-state index contributed by atoms with van der Waals surface area (Å²) in [7, 11) is 0. The fourth-order valence-electron chi connectivity index (χ4n) is 2.54. The van der Waals surface area contributed by atoms with Gasteiger partial charge in [0.25, 0.3) is 0 Å². The van der Waals surface area contributed by atoms with Crippen LogP contribution in [0.3, 0.4) is 0 Å². The van der Waals surface area contributed by atoms with E-state index < -0.39 is 0 Å². The van der Waals surface area contributed by atoms with Crippen molar-refractivity contribution in [3.05, 3.63) is 0 Å². The Morgan fingerprint density at radius 3 is 2.14 bits per heavy atom. The number of hydrogen-bond acceptors (Lipinski definition) is 3. The Labute approximate surface area is 83.6 Å². The number of carbonyl (C=O) groups excluding carboxylic acids is 2. The molecule has 2 fully saturated rings. The van der Waals surface area contributed by atoms with E-state index in [0.29, 0.717) is 13.1 Å². The second kappa shape index (κ2) is 3.35. The van der Waals surface area contributed by atoms with E-state index in [1.54, 1.807) is 0 Å². The summed E-state index contributed by atoms with van der Waals surface area (Å²) in [4.78, 5) is 24.8. The fraction of sp³-hybridized carbons (Fsp3) is 0.800. The third kappa shape index (κ3) is 1.43. The van der Waals surface area contributed by atoms with Gasteiger partial charge in [-0.05, 0) is 19.8 Å². The van der Waals surface area contributed by atoms with E-state index in [-0.39, 0.29) is 17.4 Å². The van der Waals surface area contributed by atoms with Gasteiger partial charge in [0.1, 0.15) is 0 Å². The Morgan fingerprint density at radius 1 is 1.14 bits per heavy atom. The van der Waals surface area contributed by atoms with Crippen LogP contribution in [0.25, 0.3) is 0 Å².